The molecule has 0 radical (unpaired) electrons. The number of rotatable bonds is 8. The van der Waals surface area contributed by atoms with Gasteiger partial charge in [0.15, 0.2) is 5.78 Å². The second-order valence-corrected chi connectivity index (χ2v) is 8.50. The number of nitrogens with one attached hydrogen (secondary N) is 2. The predicted molar refractivity (Wildman–Crippen MR) is 143 cm³/mol. The molecule has 10 heteroatoms. The predicted octanol–water partition coefficient (Wildman–Crippen LogP) is 6.46. The Morgan fingerprint density at radius 3 is 1.62 bits per heavy atom. The van der Waals surface area contributed by atoms with Crippen molar-refractivity contribution in [2.75, 3.05) is 24.9 Å². The number of carbonyl (C=O) groups excluding carboxylic acids is 3. The first kappa shape index (κ1) is 27.9. The number of hydrogen-bond acceptors (Lipinski definition) is 5. The quantitative estimate of drug-likeness (QED) is 0.247. The summed E-state index contributed by atoms with van der Waals surface area (Å²) in [5.74, 6) is -0.605. The van der Waals surface area contributed by atoms with Crippen LogP contribution in [0.5, 0.6) is 11.5 Å². The van der Waals surface area contributed by atoms with E-state index in [9.17, 15) is 27.6 Å². The summed E-state index contributed by atoms with van der Waals surface area (Å²) in [6, 6.07) is 21.0. The van der Waals surface area contributed by atoms with Gasteiger partial charge in [-0.25, -0.2) is 0 Å². The third-order valence-electron chi connectivity index (χ3n) is 5.96. The summed E-state index contributed by atoms with van der Waals surface area (Å²) in [5.41, 5.74) is 0.544. The minimum atomic E-state index is -4.51. The van der Waals surface area contributed by atoms with Crippen LogP contribution in [-0.4, -0.2) is 31.8 Å². The number of amides is 2. The van der Waals surface area contributed by atoms with Crippen LogP contribution in [0.2, 0.25) is 0 Å². The standard InChI is InChI=1S/C30H23F3N2O5/c1-39-22-15-16-26(40-2)23(17-22)27(36)18-7-9-19(10-8-18)28(37)34-24-5-3-4-6-25(24)35-29(38)20-11-13-21(14-12-20)30(31,32)33/h3-17H,1-2H3,(H,34,37)(H,35,38). The first-order chi connectivity index (χ1) is 19.1. The fraction of sp³-hybridized carbons (Fsp3) is 0.100. The third-order valence-corrected chi connectivity index (χ3v) is 5.96. The molecule has 0 saturated carbocycles. The highest BCUT2D eigenvalue weighted by molar-refractivity contribution is 6.12. The average Bonchev–Trinajstić information content (AvgIpc) is 2.97. The van der Waals surface area contributed by atoms with E-state index in [0.717, 1.165) is 24.3 Å². The Morgan fingerprint density at radius 1 is 0.650 bits per heavy atom. The smallest absolute Gasteiger partial charge is 0.416 e. The average molecular weight is 549 g/mol. The molecule has 0 aliphatic heterocycles. The van der Waals surface area contributed by atoms with Crippen LogP contribution >= 0.6 is 0 Å². The van der Waals surface area contributed by atoms with Crippen LogP contribution in [0.1, 0.15) is 42.2 Å². The van der Waals surface area contributed by atoms with Gasteiger partial charge in [0.25, 0.3) is 11.8 Å². The van der Waals surface area contributed by atoms with Crippen LogP contribution in [-0.2, 0) is 6.18 Å². The Kier molecular flexibility index (Phi) is 8.18. The molecular formula is C30H23F3N2O5. The van der Waals surface area contributed by atoms with Crippen LogP contribution in [0.4, 0.5) is 24.5 Å². The van der Waals surface area contributed by atoms with Gasteiger partial charge in [-0.1, -0.05) is 24.3 Å². The molecule has 0 atom stereocenters. The molecule has 0 aliphatic rings. The Bertz CT molecular complexity index is 1550. The highest BCUT2D eigenvalue weighted by atomic mass is 19.4. The molecule has 4 aromatic rings. The van der Waals surface area contributed by atoms with E-state index in [1.807, 2.05) is 0 Å². The number of anilines is 2. The van der Waals surface area contributed by atoms with Crippen LogP contribution < -0.4 is 20.1 Å². The molecule has 7 nitrogen and oxygen atoms in total. The highest BCUT2D eigenvalue weighted by Crippen LogP contribution is 2.30. The molecule has 2 amide bonds. The number of benzene rings is 4. The van der Waals surface area contributed by atoms with Gasteiger partial charge in [0.2, 0.25) is 0 Å². The van der Waals surface area contributed by atoms with E-state index >= 15 is 0 Å². The van der Waals surface area contributed by atoms with E-state index in [0.29, 0.717) is 22.6 Å². The summed E-state index contributed by atoms with van der Waals surface area (Å²) in [7, 11) is 2.94. The number of para-hydroxylation sites is 2. The van der Waals surface area contributed by atoms with Crippen molar-refractivity contribution in [1.29, 1.82) is 0 Å². The number of carbonyl (C=O) groups is 3. The SMILES string of the molecule is COc1ccc(OC)c(C(=O)c2ccc(C(=O)Nc3ccccc3NC(=O)c3ccc(C(F)(F)F)cc3)cc2)c1. The van der Waals surface area contributed by atoms with E-state index < -0.39 is 23.6 Å². The maximum atomic E-state index is 13.1. The van der Waals surface area contributed by atoms with E-state index in [1.54, 1.807) is 42.5 Å². The molecule has 4 rings (SSSR count). The van der Waals surface area contributed by atoms with Gasteiger partial charge >= 0.3 is 6.18 Å². The Balaban J connectivity index is 1.47. The molecule has 0 saturated heterocycles. The van der Waals surface area contributed by atoms with Gasteiger partial charge in [-0.3, -0.25) is 14.4 Å². The van der Waals surface area contributed by atoms with Crippen LogP contribution in [0.3, 0.4) is 0 Å². The molecule has 204 valence electrons. The minimum absolute atomic E-state index is 0.0158. The van der Waals surface area contributed by atoms with E-state index in [2.05, 4.69) is 10.6 Å². The van der Waals surface area contributed by atoms with Gasteiger partial charge in [0, 0.05) is 16.7 Å². The van der Waals surface area contributed by atoms with Gasteiger partial charge in [-0.05, 0) is 66.7 Å². The number of ether oxygens (including phenoxy) is 2. The van der Waals surface area contributed by atoms with Crippen LogP contribution in [0.25, 0.3) is 0 Å². The van der Waals surface area contributed by atoms with Crippen molar-refractivity contribution in [2.24, 2.45) is 0 Å². The molecule has 0 spiro atoms. The lowest BCUT2D eigenvalue weighted by Crippen LogP contribution is -2.17. The number of halogens is 3. The molecule has 0 fully saturated rings. The van der Waals surface area contributed by atoms with Gasteiger partial charge in [0.05, 0.1) is 36.7 Å². The summed E-state index contributed by atoms with van der Waals surface area (Å²) in [6.45, 7) is 0. The highest BCUT2D eigenvalue weighted by Gasteiger charge is 2.30. The molecule has 2 N–H and O–H groups in total. The molecular weight excluding hydrogens is 525 g/mol. The second-order valence-electron chi connectivity index (χ2n) is 8.50. The minimum Gasteiger partial charge on any atom is -0.497 e. The van der Waals surface area contributed by atoms with Crippen LogP contribution in [0, 0.1) is 0 Å². The molecule has 0 bridgehead atoms. The van der Waals surface area contributed by atoms with Crippen LogP contribution in [0.15, 0.2) is 91.0 Å². The molecule has 0 aliphatic carbocycles. The lowest BCUT2D eigenvalue weighted by molar-refractivity contribution is -0.137. The Hall–Kier alpha value is -5.12. The Labute approximate surface area is 227 Å². The lowest BCUT2D eigenvalue weighted by Gasteiger charge is -2.13. The number of ketones is 1. The monoisotopic (exact) mass is 548 g/mol. The molecule has 0 unspecified atom stereocenters. The van der Waals surface area contributed by atoms with Crippen molar-refractivity contribution in [2.45, 2.75) is 6.18 Å². The van der Waals surface area contributed by atoms with Gasteiger partial charge in [-0.2, -0.15) is 13.2 Å². The van der Waals surface area contributed by atoms with Crippen molar-refractivity contribution in [3.05, 3.63) is 119 Å². The zero-order valence-corrected chi connectivity index (χ0v) is 21.3. The summed E-state index contributed by atoms with van der Waals surface area (Å²) in [4.78, 5) is 38.6. The van der Waals surface area contributed by atoms with Crippen molar-refractivity contribution < 1.29 is 37.0 Å². The zero-order valence-electron chi connectivity index (χ0n) is 21.3. The molecule has 0 aromatic heterocycles. The number of alkyl halides is 3. The van der Waals surface area contributed by atoms with E-state index in [4.69, 9.17) is 9.47 Å². The van der Waals surface area contributed by atoms with Crippen molar-refractivity contribution >= 4 is 29.0 Å². The van der Waals surface area contributed by atoms with E-state index in [-0.39, 0.29) is 28.3 Å². The zero-order chi connectivity index (χ0) is 28.9. The van der Waals surface area contributed by atoms with Crippen molar-refractivity contribution in [3.63, 3.8) is 0 Å². The number of methoxy groups -OCH3 is 2. The molecule has 0 heterocycles. The van der Waals surface area contributed by atoms with E-state index in [1.165, 1.54) is 38.5 Å². The first-order valence-corrected chi connectivity index (χ1v) is 11.9. The second kappa shape index (κ2) is 11.7. The first-order valence-electron chi connectivity index (χ1n) is 11.9. The summed E-state index contributed by atoms with van der Waals surface area (Å²) in [6.07, 6.45) is -4.51. The normalized spacial score (nSPS) is 10.9. The largest absolute Gasteiger partial charge is 0.497 e. The maximum absolute atomic E-state index is 13.1. The molecule has 4 aromatic carbocycles. The van der Waals surface area contributed by atoms with Gasteiger partial charge in [-0.15, -0.1) is 0 Å². The van der Waals surface area contributed by atoms with Crippen molar-refractivity contribution in [1.82, 2.24) is 0 Å². The number of hydrogen-bond donors (Lipinski definition) is 2. The Morgan fingerprint density at radius 2 is 1.15 bits per heavy atom. The molecule has 40 heavy (non-hydrogen) atoms. The maximum Gasteiger partial charge on any atom is 0.416 e. The summed E-state index contributed by atoms with van der Waals surface area (Å²) in [5, 5.41) is 5.31. The topological polar surface area (TPSA) is 93.7 Å². The summed E-state index contributed by atoms with van der Waals surface area (Å²) >= 11 is 0. The van der Waals surface area contributed by atoms with Gasteiger partial charge < -0.3 is 20.1 Å². The van der Waals surface area contributed by atoms with Gasteiger partial charge in [0.1, 0.15) is 11.5 Å². The summed E-state index contributed by atoms with van der Waals surface area (Å²) < 4.78 is 48.9. The van der Waals surface area contributed by atoms with Crippen molar-refractivity contribution in [3.8, 4) is 11.5 Å². The fourth-order valence-corrected chi connectivity index (χ4v) is 3.82. The fourth-order valence-electron chi connectivity index (χ4n) is 3.82. The lowest BCUT2D eigenvalue weighted by atomic mass is 10.0. The third kappa shape index (κ3) is 6.29.